The highest BCUT2D eigenvalue weighted by Gasteiger charge is 2.44. The molecule has 5 nitrogen and oxygen atoms in total. The van der Waals surface area contributed by atoms with Crippen LogP contribution in [0.2, 0.25) is 0 Å². The van der Waals surface area contributed by atoms with Crippen LogP contribution in [0, 0.1) is 0 Å². The first-order valence-corrected chi connectivity index (χ1v) is 8.10. The average Bonchev–Trinajstić information content (AvgIpc) is 2.79. The highest BCUT2D eigenvalue weighted by Crippen LogP contribution is 2.58. The van der Waals surface area contributed by atoms with Crippen LogP contribution in [0.4, 0.5) is 4.39 Å². The molecule has 1 unspecified atom stereocenters. The Kier molecular flexibility index (Phi) is 3.73. The lowest BCUT2D eigenvalue weighted by Crippen LogP contribution is -2.16. The molecule has 1 atom stereocenters. The number of alkyl halides is 1. The largest absolute Gasteiger partial charge is 0.366 e. The Morgan fingerprint density at radius 1 is 1.40 bits per heavy atom. The molecule has 1 aromatic heterocycles. The number of carbonyl (C=O) groups excluding carboxylic acids is 1. The second-order valence-electron chi connectivity index (χ2n) is 4.44. The highest BCUT2D eigenvalue weighted by atomic mass is 32.1. The molecule has 3 N–H and O–H groups in total. The third-order valence-electron chi connectivity index (χ3n) is 3.04. The van der Waals surface area contributed by atoms with Crippen molar-refractivity contribution in [2.45, 2.75) is 12.3 Å². The maximum atomic E-state index is 14.2. The summed E-state index contributed by atoms with van der Waals surface area (Å²) < 4.78 is 26.2. The van der Waals surface area contributed by atoms with E-state index in [4.69, 9.17) is 9.79 Å². The summed E-state index contributed by atoms with van der Waals surface area (Å²) in [5.74, 6) is -0.259. The van der Waals surface area contributed by atoms with Crippen LogP contribution in [0.3, 0.4) is 0 Å². The Labute approximate surface area is 118 Å². The number of fused-ring (bicyclic) bond motifs is 1. The SMILES string of the molecule is CNC(=O)c1cc2cc(C(C)(F)P(=O)(O)O)ccc2s1. The molecule has 8 heteroatoms. The number of hydrogen-bond acceptors (Lipinski definition) is 3. The van der Waals surface area contributed by atoms with Gasteiger partial charge in [-0.05, 0) is 30.5 Å². The molecule has 0 saturated carbocycles. The summed E-state index contributed by atoms with van der Waals surface area (Å²) in [6.45, 7) is 0.848. The van der Waals surface area contributed by atoms with Crippen molar-refractivity contribution in [2.75, 3.05) is 7.05 Å². The standard InChI is InChI=1S/C12H13FNO4PS/c1-12(13,19(16,17)18)8-3-4-9-7(5-8)6-10(20-9)11(15)14-2/h3-6H,1-2H3,(H,14,15)(H2,16,17,18). The number of benzene rings is 1. The third-order valence-corrected chi connectivity index (χ3v) is 5.51. The summed E-state index contributed by atoms with van der Waals surface area (Å²) in [7, 11) is -3.42. The molecule has 1 heterocycles. The molecule has 0 aliphatic carbocycles. The fourth-order valence-corrected chi connectivity index (χ4v) is 3.20. The van der Waals surface area contributed by atoms with E-state index in [-0.39, 0.29) is 11.5 Å². The van der Waals surface area contributed by atoms with Gasteiger partial charge in [-0.15, -0.1) is 11.3 Å². The maximum absolute atomic E-state index is 14.2. The van der Waals surface area contributed by atoms with Gasteiger partial charge in [-0.1, -0.05) is 6.07 Å². The number of carbonyl (C=O) groups is 1. The molecule has 1 aromatic carbocycles. The van der Waals surface area contributed by atoms with Crippen molar-refractivity contribution in [2.24, 2.45) is 0 Å². The third kappa shape index (κ3) is 2.50. The normalized spacial score (nSPS) is 15.1. The molecule has 0 aliphatic heterocycles. The van der Waals surface area contributed by atoms with Gasteiger partial charge in [0.25, 0.3) is 5.91 Å². The van der Waals surface area contributed by atoms with E-state index < -0.39 is 13.0 Å². The van der Waals surface area contributed by atoms with Crippen molar-refractivity contribution in [3.8, 4) is 0 Å². The van der Waals surface area contributed by atoms with Crippen LogP contribution in [0.15, 0.2) is 24.3 Å². The summed E-state index contributed by atoms with van der Waals surface area (Å²) in [5, 5.41) is 0.303. The highest BCUT2D eigenvalue weighted by molar-refractivity contribution is 7.52. The molecular weight excluding hydrogens is 304 g/mol. The van der Waals surface area contributed by atoms with Gasteiger partial charge in [0.1, 0.15) is 0 Å². The second kappa shape index (κ2) is 4.93. The van der Waals surface area contributed by atoms with Crippen LogP contribution >= 0.6 is 18.9 Å². The molecule has 0 fully saturated rings. The van der Waals surface area contributed by atoms with Gasteiger partial charge in [-0.3, -0.25) is 9.36 Å². The van der Waals surface area contributed by atoms with Gasteiger partial charge in [0.2, 0.25) is 5.41 Å². The van der Waals surface area contributed by atoms with Crippen molar-refractivity contribution in [1.82, 2.24) is 5.32 Å². The van der Waals surface area contributed by atoms with Crippen LogP contribution in [-0.2, 0) is 9.97 Å². The Bertz CT molecular complexity index is 721. The van der Waals surface area contributed by atoms with Crippen molar-refractivity contribution < 1.29 is 23.5 Å². The maximum Gasteiger partial charge on any atom is 0.366 e. The number of hydrogen-bond donors (Lipinski definition) is 3. The summed E-state index contributed by atoms with van der Waals surface area (Å²) in [5.41, 5.74) is -0.111. The number of nitrogens with one attached hydrogen (secondary N) is 1. The quantitative estimate of drug-likeness (QED) is 0.759. The number of amides is 1. The van der Waals surface area contributed by atoms with Gasteiger partial charge in [0.15, 0.2) is 0 Å². The number of halogens is 1. The molecular formula is C12H13FNO4PS. The monoisotopic (exact) mass is 317 g/mol. The lowest BCUT2D eigenvalue weighted by molar-refractivity contribution is 0.0967. The Morgan fingerprint density at radius 3 is 2.60 bits per heavy atom. The van der Waals surface area contributed by atoms with Crippen molar-refractivity contribution in [1.29, 1.82) is 0 Å². The Hall–Kier alpha value is -1.27. The predicted octanol–water partition coefficient (Wildman–Crippen LogP) is 2.58. The smallest absolute Gasteiger partial charge is 0.354 e. The minimum atomic E-state index is -4.93. The molecule has 2 aromatic rings. The summed E-state index contributed by atoms with van der Waals surface area (Å²) in [6.07, 6.45) is 0. The average molecular weight is 317 g/mol. The van der Waals surface area contributed by atoms with Crippen LogP contribution in [0.5, 0.6) is 0 Å². The fourth-order valence-electron chi connectivity index (χ4n) is 1.73. The summed E-state index contributed by atoms with van der Waals surface area (Å²) in [6, 6.07) is 5.80. The van der Waals surface area contributed by atoms with Gasteiger partial charge >= 0.3 is 7.60 Å². The van der Waals surface area contributed by atoms with E-state index >= 15 is 0 Å². The topological polar surface area (TPSA) is 86.6 Å². The fraction of sp³-hybridized carbons (Fsp3) is 0.250. The van der Waals surface area contributed by atoms with E-state index in [1.807, 2.05) is 0 Å². The molecule has 2 rings (SSSR count). The van der Waals surface area contributed by atoms with Gasteiger partial charge in [0, 0.05) is 17.3 Å². The van der Waals surface area contributed by atoms with E-state index in [0.29, 0.717) is 10.3 Å². The van der Waals surface area contributed by atoms with E-state index in [9.17, 15) is 13.8 Å². The predicted molar refractivity (Wildman–Crippen MR) is 75.7 cm³/mol. The molecule has 1 amide bonds. The second-order valence-corrected chi connectivity index (χ2v) is 7.45. The van der Waals surface area contributed by atoms with Crippen LogP contribution < -0.4 is 5.32 Å². The molecule has 0 saturated heterocycles. The lowest BCUT2D eigenvalue weighted by atomic mass is 10.1. The first-order chi connectivity index (χ1) is 9.16. The zero-order valence-electron chi connectivity index (χ0n) is 10.8. The first-order valence-electron chi connectivity index (χ1n) is 5.67. The lowest BCUT2D eigenvalue weighted by Gasteiger charge is -2.21. The molecule has 0 aliphatic rings. The van der Waals surface area contributed by atoms with Crippen LogP contribution in [0.1, 0.15) is 22.2 Å². The van der Waals surface area contributed by atoms with Gasteiger partial charge < -0.3 is 15.1 Å². The van der Waals surface area contributed by atoms with E-state index in [2.05, 4.69) is 5.32 Å². The first kappa shape index (κ1) is 15.1. The van der Waals surface area contributed by atoms with Crippen LogP contribution in [-0.4, -0.2) is 22.7 Å². The number of rotatable bonds is 3. The molecule has 108 valence electrons. The van der Waals surface area contributed by atoms with E-state index in [1.54, 1.807) is 12.1 Å². The van der Waals surface area contributed by atoms with Gasteiger partial charge in [-0.25, -0.2) is 4.39 Å². The minimum absolute atomic E-state index is 0.111. The zero-order valence-corrected chi connectivity index (χ0v) is 12.5. The van der Waals surface area contributed by atoms with E-state index in [0.717, 1.165) is 11.6 Å². The van der Waals surface area contributed by atoms with Gasteiger partial charge in [-0.2, -0.15) is 0 Å². The van der Waals surface area contributed by atoms with Gasteiger partial charge in [0.05, 0.1) is 4.88 Å². The Morgan fingerprint density at radius 2 is 2.05 bits per heavy atom. The molecule has 20 heavy (non-hydrogen) atoms. The van der Waals surface area contributed by atoms with Crippen LogP contribution in [0.25, 0.3) is 10.1 Å². The van der Waals surface area contributed by atoms with Crippen molar-refractivity contribution >= 4 is 34.9 Å². The van der Waals surface area contributed by atoms with Crippen molar-refractivity contribution in [3.63, 3.8) is 0 Å². The summed E-state index contributed by atoms with van der Waals surface area (Å²) in [4.78, 5) is 30.1. The van der Waals surface area contributed by atoms with E-state index in [1.165, 1.54) is 30.5 Å². The molecule has 0 spiro atoms. The zero-order chi connectivity index (χ0) is 15.1. The molecule has 0 radical (unpaired) electrons. The summed E-state index contributed by atoms with van der Waals surface area (Å²) >= 11 is 1.23. The van der Waals surface area contributed by atoms with Crippen molar-refractivity contribution in [3.05, 3.63) is 34.7 Å². The Balaban J connectivity index is 2.54. The molecule has 0 bridgehead atoms. The minimum Gasteiger partial charge on any atom is -0.354 e. The number of thiophene rings is 1.